The van der Waals surface area contributed by atoms with Crippen LogP contribution in [0.1, 0.15) is 0 Å². The first-order chi connectivity index (χ1) is 5.27. The summed E-state index contributed by atoms with van der Waals surface area (Å²) in [6.45, 7) is 0. The number of fused-ring (bicyclic) bond motifs is 2. The quantitative estimate of drug-likeness (QED) is 0.403. The second-order valence-electron chi connectivity index (χ2n) is 3.23. The molecule has 0 bridgehead atoms. The maximum atomic E-state index is 5.77. The van der Waals surface area contributed by atoms with Crippen LogP contribution in [0.2, 0.25) is 0 Å². The Hall–Kier alpha value is -0.200. The van der Waals surface area contributed by atoms with E-state index in [-0.39, 0.29) is 36.9 Å². The van der Waals surface area contributed by atoms with Gasteiger partial charge in [-0.15, -0.1) is 0 Å². The van der Waals surface area contributed by atoms with Crippen molar-refractivity contribution in [3.05, 3.63) is 0 Å². The molecule has 0 aromatic heterocycles. The topological polar surface area (TPSA) is 86.3 Å². The molecule has 11 heavy (non-hydrogen) atoms. The zero-order chi connectivity index (χ0) is 7.59. The SMILES string of the molecule is NC1C(N)C2OC2OC2OC21. The Morgan fingerprint density at radius 3 is 1.64 bits per heavy atom. The number of ether oxygens (including phenoxy) is 3. The van der Waals surface area contributed by atoms with Crippen molar-refractivity contribution in [1.82, 2.24) is 0 Å². The lowest BCUT2D eigenvalue weighted by Crippen LogP contribution is -2.48. The number of rotatable bonds is 0. The van der Waals surface area contributed by atoms with Crippen LogP contribution in [0.15, 0.2) is 0 Å². The summed E-state index contributed by atoms with van der Waals surface area (Å²) in [5, 5.41) is 0. The Morgan fingerprint density at radius 2 is 1.18 bits per heavy atom. The summed E-state index contributed by atoms with van der Waals surface area (Å²) < 4.78 is 15.6. The van der Waals surface area contributed by atoms with E-state index >= 15 is 0 Å². The molecule has 6 atom stereocenters. The molecule has 0 aromatic carbocycles. The molecule has 3 rings (SSSR count). The average Bonchev–Trinajstić information content (AvgIpc) is 2.81. The molecule has 0 amide bonds. The van der Waals surface area contributed by atoms with E-state index < -0.39 is 0 Å². The molecule has 3 heterocycles. The van der Waals surface area contributed by atoms with Gasteiger partial charge < -0.3 is 25.7 Å². The molecule has 3 fully saturated rings. The van der Waals surface area contributed by atoms with E-state index in [4.69, 9.17) is 25.7 Å². The Balaban J connectivity index is 1.84. The van der Waals surface area contributed by atoms with E-state index in [1.54, 1.807) is 0 Å². The first kappa shape index (κ1) is 6.33. The van der Waals surface area contributed by atoms with Gasteiger partial charge in [0.2, 0.25) is 0 Å². The van der Waals surface area contributed by atoms with Crippen LogP contribution in [0.3, 0.4) is 0 Å². The molecule has 5 heteroatoms. The molecular weight excluding hydrogens is 148 g/mol. The summed E-state index contributed by atoms with van der Waals surface area (Å²) in [5.74, 6) is 0. The van der Waals surface area contributed by atoms with Crippen molar-refractivity contribution >= 4 is 0 Å². The summed E-state index contributed by atoms with van der Waals surface area (Å²) in [6, 6.07) is -0.282. The summed E-state index contributed by atoms with van der Waals surface area (Å²) in [4.78, 5) is 0. The van der Waals surface area contributed by atoms with E-state index in [1.165, 1.54) is 0 Å². The first-order valence-corrected chi connectivity index (χ1v) is 3.75. The molecule has 3 aliphatic heterocycles. The maximum absolute atomic E-state index is 5.77. The lowest BCUT2D eigenvalue weighted by Gasteiger charge is -2.13. The van der Waals surface area contributed by atoms with E-state index in [1.807, 2.05) is 0 Å². The molecule has 5 nitrogen and oxygen atoms in total. The molecule has 6 unspecified atom stereocenters. The van der Waals surface area contributed by atoms with Gasteiger partial charge in [0.05, 0.1) is 12.1 Å². The monoisotopic (exact) mass is 158 g/mol. The van der Waals surface area contributed by atoms with Crippen molar-refractivity contribution in [3.8, 4) is 0 Å². The first-order valence-electron chi connectivity index (χ1n) is 3.75. The third-order valence-electron chi connectivity index (χ3n) is 2.44. The van der Waals surface area contributed by atoms with Gasteiger partial charge in [-0.05, 0) is 0 Å². The lowest BCUT2D eigenvalue weighted by atomic mass is 10.0. The number of hydrogen-bond acceptors (Lipinski definition) is 5. The van der Waals surface area contributed by atoms with Crippen LogP contribution in [0.5, 0.6) is 0 Å². The molecule has 4 N–H and O–H groups in total. The number of hydrogen-bond donors (Lipinski definition) is 2. The molecule has 62 valence electrons. The van der Waals surface area contributed by atoms with Crippen molar-refractivity contribution in [2.24, 2.45) is 11.5 Å². The summed E-state index contributed by atoms with van der Waals surface area (Å²) in [5.41, 5.74) is 11.5. The molecule has 0 spiro atoms. The van der Waals surface area contributed by atoms with E-state index in [0.29, 0.717) is 0 Å². The van der Waals surface area contributed by atoms with Gasteiger partial charge in [-0.2, -0.15) is 0 Å². The van der Waals surface area contributed by atoms with Crippen molar-refractivity contribution in [3.63, 3.8) is 0 Å². The van der Waals surface area contributed by atoms with Gasteiger partial charge >= 0.3 is 0 Å². The fourth-order valence-corrected chi connectivity index (χ4v) is 1.55. The van der Waals surface area contributed by atoms with Crippen LogP contribution in [-0.4, -0.2) is 36.9 Å². The van der Waals surface area contributed by atoms with Gasteiger partial charge in [0, 0.05) is 0 Å². The molecule has 0 aliphatic carbocycles. The minimum Gasteiger partial charge on any atom is -0.340 e. The van der Waals surface area contributed by atoms with Gasteiger partial charge in [0.25, 0.3) is 0 Å². The second-order valence-corrected chi connectivity index (χ2v) is 3.23. The standard InChI is InChI=1S/C6H10N2O3/c7-1-2(8)4-6(10-4)11-5-3(1)9-5/h1-6H,7-8H2. The largest absolute Gasteiger partial charge is 0.340 e. The van der Waals surface area contributed by atoms with Crippen molar-refractivity contribution in [2.45, 2.75) is 36.9 Å². The smallest absolute Gasteiger partial charge is 0.189 e. The van der Waals surface area contributed by atoms with E-state index in [9.17, 15) is 0 Å². The predicted molar refractivity (Wildman–Crippen MR) is 34.4 cm³/mol. The van der Waals surface area contributed by atoms with Crippen LogP contribution in [0.25, 0.3) is 0 Å². The van der Waals surface area contributed by atoms with Crippen molar-refractivity contribution < 1.29 is 14.2 Å². The van der Waals surface area contributed by atoms with Crippen LogP contribution >= 0.6 is 0 Å². The number of epoxide rings is 2. The highest BCUT2D eigenvalue weighted by atomic mass is 16.9. The molecule has 0 aromatic rings. The number of nitrogens with two attached hydrogens (primary N) is 2. The van der Waals surface area contributed by atoms with Crippen LogP contribution in [0, 0.1) is 0 Å². The fraction of sp³-hybridized carbons (Fsp3) is 1.00. The van der Waals surface area contributed by atoms with Crippen LogP contribution in [0.4, 0.5) is 0 Å². The highest BCUT2D eigenvalue weighted by Gasteiger charge is 2.60. The van der Waals surface area contributed by atoms with Crippen molar-refractivity contribution in [1.29, 1.82) is 0 Å². The van der Waals surface area contributed by atoms with Gasteiger partial charge in [-0.1, -0.05) is 0 Å². The van der Waals surface area contributed by atoms with Crippen LogP contribution < -0.4 is 11.5 Å². The summed E-state index contributed by atoms with van der Waals surface area (Å²) in [6.07, 6.45) is -0.315. The van der Waals surface area contributed by atoms with Gasteiger partial charge in [0.15, 0.2) is 12.6 Å². The second kappa shape index (κ2) is 1.75. The minimum absolute atomic E-state index is 0.00130. The third-order valence-corrected chi connectivity index (χ3v) is 2.44. The van der Waals surface area contributed by atoms with Gasteiger partial charge in [-0.25, -0.2) is 0 Å². The Morgan fingerprint density at radius 1 is 0.727 bits per heavy atom. The molecule has 3 saturated heterocycles. The Bertz CT molecular complexity index is 180. The van der Waals surface area contributed by atoms with E-state index in [0.717, 1.165) is 0 Å². The average molecular weight is 158 g/mol. The minimum atomic E-state index is -0.159. The molecule has 3 aliphatic rings. The maximum Gasteiger partial charge on any atom is 0.189 e. The molecular formula is C6H10N2O3. The normalized spacial score (nSPS) is 66.0. The fourth-order valence-electron chi connectivity index (χ4n) is 1.55. The van der Waals surface area contributed by atoms with Crippen LogP contribution in [-0.2, 0) is 14.2 Å². The third kappa shape index (κ3) is 0.771. The molecule has 0 radical (unpaired) electrons. The van der Waals surface area contributed by atoms with Gasteiger partial charge in [-0.3, -0.25) is 0 Å². The summed E-state index contributed by atoms with van der Waals surface area (Å²) >= 11 is 0. The van der Waals surface area contributed by atoms with Crippen molar-refractivity contribution in [2.75, 3.05) is 0 Å². The Labute approximate surface area is 63.6 Å². The zero-order valence-corrected chi connectivity index (χ0v) is 5.84. The van der Waals surface area contributed by atoms with E-state index in [2.05, 4.69) is 0 Å². The highest BCUT2D eigenvalue weighted by Crippen LogP contribution is 2.40. The lowest BCUT2D eigenvalue weighted by molar-refractivity contribution is -0.0101. The zero-order valence-electron chi connectivity index (χ0n) is 5.84. The molecule has 0 saturated carbocycles. The summed E-state index contributed by atoms with van der Waals surface area (Å²) in [7, 11) is 0. The highest BCUT2D eigenvalue weighted by molar-refractivity contribution is 5.05. The predicted octanol–water partition coefficient (Wildman–Crippen LogP) is -1.88. The Kier molecular flexibility index (Phi) is 1.01. The van der Waals surface area contributed by atoms with Gasteiger partial charge in [0.1, 0.15) is 12.2 Å².